The first-order valence-electron chi connectivity index (χ1n) is 5.96. The predicted octanol–water partition coefficient (Wildman–Crippen LogP) is 1.22. The van der Waals surface area contributed by atoms with Crippen LogP contribution in [0.5, 0.6) is 0 Å². The zero-order chi connectivity index (χ0) is 14.4. The number of amides is 1. The quantitative estimate of drug-likeness (QED) is 0.778. The molecule has 0 fully saturated rings. The standard InChI is InChI=1S/C13H17FN2O3/c1-2-16(6-5-12(17)18)8-10-7-9(13(15)19)3-4-11(10)14/h3-4,7H,2,5-6,8H2,1H3,(H2,15,19)(H,17,18). The van der Waals surface area contributed by atoms with Crippen LogP contribution in [0.1, 0.15) is 29.3 Å². The number of aliphatic carboxylic acids is 1. The maximum atomic E-state index is 13.6. The lowest BCUT2D eigenvalue weighted by Crippen LogP contribution is -2.26. The van der Waals surface area contributed by atoms with Gasteiger partial charge in [-0.05, 0) is 24.7 Å². The molecule has 0 spiro atoms. The number of carbonyl (C=O) groups is 2. The van der Waals surface area contributed by atoms with Crippen LogP contribution < -0.4 is 5.73 Å². The minimum Gasteiger partial charge on any atom is -0.481 e. The number of rotatable bonds is 7. The van der Waals surface area contributed by atoms with E-state index in [0.717, 1.165) is 0 Å². The number of primary amides is 1. The summed E-state index contributed by atoms with van der Waals surface area (Å²) in [6, 6.07) is 3.93. The van der Waals surface area contributed by atoms with Gasteiger partial charge in [-0.2, -0.15) is 0 Å². The van der Waals surface area contributed by atoms with E-state index in [2.05, 4.69) is 0 Å². The van der Waals surface area contributed by atoms with Crippen molar-refractivity contribution in [3.63, 3.8) is 0 Å². The molecule has 0 aliphatic heterocycles. The summed E-state index contributed by atoms with van der Waals surface area (Å²) in [4.78, 5) is 23.4. The first-order valence-corrected chi connectivity index (χ1v) is 5.96. The van der Waals surface area contributed by atoms with Crippen molar-refractivity contribution in [1.29, 1.82) is 0 Å². The molecule has 0 atom stereocenters. The average Bonchev–Trinajstić information content (AvgIpc) is 2.35. The van der Waals surface area contributed by atoms with E-state index in [4.69, 9.17) is 10.8 Å². The summed E-state index contributed by atoms with van der Waals surface area (Å²) in [6.07, 6.45) is -0.00896. The third kappa shape index (κ3) is 4.67. The van der Waals surface area contributed by atoms with E-state index >= 15 is 0 Å². The number of benzene rings is 1. The maximum absolute atomic E-state index is 13.6. The van der Waals surface area contributed by atoms with E-state index < -0.39 is 17.7 Å². The molecule has 0 aliphatic rings. The van der Waals surface area contributed by atoms with Gasteiger partial charge in [0.05, 0.1) is 6.42 Å². The van der Waals surface area contributed by atoms with Crippen molar-refractivity contribution in [3.8, 4) is 0 Å². The fourth-order valence-electron chi connectivity index (χ4n) is 1.69. The molecule has 0 heterocycles. The van der Waals surface area contributed by atoms with Crippen LogP contribution in [0.3, 0.4) is 0 Å². The summed E-state index contributed by atoms with van der Waals surface area (Å²) >= 11 is 0. The minimum absolute atomic E-state index is 0.00896. The molecule has 0 unspecified atom stereocenters. The molecule has 1 aromatic carbocycles. The number of halogens is 1. The SMILES string of the molecule is CCN(CCC(=O)O)Cc1cc(C(N)=O)ccc1F. The van der Waals surface area contributed by atoms with E-state index in [-0.39, 0.29) is 18.5 Å². The van der Waals surface area contributed by atoms with Crippen LogP contribution in [0.15, 0.2) is 18.2 Å². The Balaban J connectivity index is 2.80. The molecule has 19 heavy (non-hydrogen) atoms. The molecule has 0 saturated carbocycles. The monoisotopic (exact) mass is 268 g/mol. The molecule has 0 bridgehead atoms. The van der Waals surface area contributed by atoms with Crippen LogP contribution in [-0.2, 0) is 11.3 Å². The van der Waals surface area contributed by atoms with E-state index in [0.29, 0.717) is 18.7 Å². The van der Waals surface area contributed by atoms with Gasteiger partial charge in [-0.15, -0.1) is 0 Å². The van der Waals surface area contributed by atoms with Crippen LogP contribution >= 0.6 is 0 Å². The fraction of sp³-hybridized carbons (Fsp3) is 0.385. The first kappa shape index (κ1) is 15.1. The maximum Gasteiger partial charge on any atom is 0.304 e. The van der Waals surface area contributed by atoms with Gasteiger partial charge in [0.2, 0.25) is 5.91 Å². The number of carbonyl (C=O) groups excluding carboxylic acids is 1. The number of carboxylic acids is 1. The average molecular weight is 268 g/mol. The van der Waals surface area contributed by atoms with Gasteiger partial charge in [0.25, 0.3) is 0 Å². The topological polar surface area (TPSA) is 83.6 Å². The first-order chi connectivity index (χ1) is 8.93. The minimum atomic E-state index is -0.898. The lowest BCUT2D eigenvalue weighted by Gasteiger charge is -2.20. The third-order valence-corrected chi connectivity index (χ3v) is 2.81. The Kier molecular flexibility index (Phi) is 5.44. The summed E-state index contributed by atoms with van der Waals surface area (Å²) in [7, 11) is 0. The Morgan fingerprint density at radius 2 is 2.11 bits per heavy atom. The zero-order valence-corrected chi connectivity index (χ0v) is 10.7. The Bertz CT molecular complexity index is 477. The normalized spacial score (nSPS) is 10.7. The highest BCUT2D eigenvalue weighted by Gasteiger charge is 2.11. The molecule has 3 N–H and O–H groups in total. The van der Waals surface area contributed by atoms with Crippen LogP contribution in [-0.4, -0.2) is 35.0 Å². The van der Waals surface area contributed by atoms with Gasteiger partial charge < -0.3 is 10.8 Å². The second kappa shape index (κ2) is 6.84. The molecule has 0 aliphatic carbocycles. The van der Waals surface area contributed by atoms with Gasteiger partial charge in [0, 0.05) is 24.2 Å². The Morgan fingerprint density at radius 3 is 2.63 bits per heavy atom. The highest BCUT2D eigenvalue weighted by atomic mass is 19.1. The van der Waals surface area contributed by atoms with Gasteiger partial charge in [-0.3, -0.25) is 14.5 Å². The second-order valence-corrected chi connectivity index (χ2v) is 4.18. The molecule has 0 aromatic heterocycles. The molecule has 0 radical (unpaired) electrons. The smallest absolute Gasteiger partial charge is 0.304 e. The Hall–Kier alpha value is -1.95. The van der Waals surface area contributed by atoms with Crippen LogP contribution in [0.2, 0.25) is 0 Å². The zero-order valence-electron chi connectivity index (χ0n) is 10.7. The Morgan fingerprint density at radius 1 is 1.42 bits per heavy atom. The summed E-state index contributed by atoms with van der Waals surface area (Å²) < 4.78 is 13.6. The molecule has 1 amide bonds. The van der Waals surface area contributed by atoms with Gasteiger partial charge in [0.1, 0.15) is 5.82 Å². The van der Waals surface area contributed by atoms with Crippen molar-refractivity contribution < 1.29 is 19.1 Å². The van der Waals surface area contributed by atoms with Crippen LogP contribution in [0.25, 0.3) is 0 Å². The largest absolute Gasteiger partial charge is 0.481 e. The molecule has 6 heteroatoms. The van der Waals surface area contributed by atoms with Crippen molar-refractivity contribution in [3.05, 3.63) is 35.1 Å². The summed E-state index contributed by atoms with van der Waals surface area (Å²) in [5.74, 6) is -1.95. The van der Waals surface area contributed by atoms with Crippen molar-refractivity contribution in [2.75, 3.05) is 13.1 Å². The van der Waals surface area contributed by atoms with E-state index in [1.54, 1.807) is 4.90 Å². The van der Waals surface area contributed by atoms with Crippen molar-refractivity contribution in [2.45, 2.75) is 19.9 Å². The lowest BCUT2D eigenvalue weighted by molar-refractivity contribution is -0.137. The molecule has 5 nitrogen and oxygen atoms in total. The van der Waals surface area contributed by atoms with E-state index in [1.165, 1.54) is 18.2 Å². The number of hydrogen-bond acceptors (Lipinski definition) is 3. The highest BCUT2D eigenvalue weighted by Crippen LogP contribution is 2.13. The predicted molar refractivity (Wildman–Crippen MR) is 68.1 cm³/mol. The van der Waals surface area contributed by atoms with Gasteiger partial charge >= 0.3 is 5.97 Å². The van der Waals surface area contributed by atoms with Gasteiger partial charge in [-0.25, -0.2) is 4.39 Å². The van der Waals surface area contributed by atoms with Crippen molar-refractivity contribution in [2.24, 2.45) is 5.73 Å². The lowest BCUT2D eigenvalue weighted by atomic mass is 10.1. The number of hydrogen-bond donors (Lipinski definition) is 2. The third-order valence-electron chi connectivity index (χ3n) is 2.81. The van der Waals surface area contributed by atoms with Gasteiger partial charge in [-0.1, -0.05) is 6.92 Å². The fourth-order valence-corrected chi connectivity index (χ4v) is 1.69. The summed E-state index contributed by atoms with van der Waals surface area (Å²) in [5, 5.41) is 8.63. The number of nitrogens with two attached hydrogens (primary N) is 1. The summed E-state index contributed by atoms with van der Waals surface area (Å²) in [5.41, 5.74) is 5.72. The van der Waals surface area contributed by atoms with Crippen molar-refractivity contribution >= 4 is 11.9 Å². The van der Waals surface area contributed by atoms with Crippen molar-refractivity contribution in [1.82, 2.24) is 4.90 Å². The molecular formula is C13H17FN2O3. The molecule has 1 rings (SSSR count). The van der Waals surface area contributed by atoms with E-state index in [9.17, 15) is 14.0 Å². The summed E-state index contributed by atoms with van der Waals surface area (Å²) in [6.45, 7) is 3.02. The Labute approximate surface area is 110 Å². The molecule has 1 aromatic rings. The van der Waals surface area contributed by atoms with Crippen LogP contribution in [0, 0.1) is 5.82 Å². The number of nitrogens with zero attached hydrogens (tertiary/aromatic N) is 1. The second-order valence-electron chi connectivity index (χ2n) is 4.18. The highest BCUT2D eigenvalue weighted by molar-refractivity contribution is 5.92. The van der Waals surface area contributed by atoms with Gasteiger partial charge in [0.15, 0.2) is 0 Å². The van der Waals surface area contributed by atoms with Crippen LogP contribution in [0.4, 0.5) is 4.39 Å². The molecule has 104 valence electrons. The van der Waals surface area contributed by atoms with E-state index in [1.807, 2.05) is 6.92 Å². The molecule has 0 saturated heterocycles. The number of carboxylic acid groups (broad SMARTS) is 1. The molecular weight excluding hydrogens is 251 g/mol.